The number of rotatable bonds is 1. The van der Waals surface area contributed by atoms with Gasteiger partial charge in [-0.1, -0.05) is 0 Å². The minimum atomic E-state index is -0.421. The quantitative estimate of drug-likeness (QED) is 0.763. The smallest absolute Gasteiger partial charge is 0.256 e. The van der Waals surface area contributed by atoms with Crippen molar-refractivity contribution in [2.24, 2.45) is 0 Å². The Morgan fingerprint density at radius 2 is 2.17 bits per heavy atom. The van der Waals surface area contributed by atoms with Crippen molar-refractivity contribution in [1.82, 2.24) is 9.80 Å². The summed E-state index contributed by atoms with van der Waals surface area (Å²) in [5, 5.41) is 0. The standard InChI is InChI=1S/C13H18FN3O/c1-9-8-16(2)5-6-17(9)13(18)11-4-3-10(14)7-12(11)15/h3-4,7,9H,5-6,8,15H2,1-2H3. The maximum atomic E-state index is 13.0. The van der Waals surface area contributed by atoms with Gasteiger partial charge in [-0.2, -0.15) is 0 Å². The van der Waals surface area contributed by atoms with Crippen LogP contribution in [0.2, 0.25) is 0 Å². The van der Waals surface area contributed by atoms with Crippen LogP contribution in [0.25, 0.3) is 0 Å². The third-order valence-corrected chi connectivity index (χ3v) is 3.34. The molecule has 0 spiro atoms. The lowest BCUT2D eigenvalue weighted by atomic mass is 10.1. The molecule has 1 aliphatic heterocycles. The molecule has 2 N–H and O–H groups in total. The van der Waals surface area contributed by atoms with Crippen LogP contribution in [-0.2, 0) is 0 Å². The minimum Gasteiger partial charge on any atom is -0.398 e. The summed E-state index contributed by atoms with van der Waals surface area (Å²) in [5.41, 5.74) is 6.29. The van der Waals surface area contributed by atoms with E-state index in [0.29, 0.717) is 12.1 Å². The summed E-state index contributed by atoms with van der Waals surface area (Å²) >= 11 is 0. The molecule has 0 saturated carbocycles. The molecule has 18 heavy (non-hydrogen) atoms. The predicted octanol–water partition coefficient (Wildman–Crippen LogP) is 1.18. The van der Waals surface area contributed by atoms with Gasteiger partial charge in [0.2, 0.25) is 0 Å². The van der Waals surface area contributed by atoms with E-state index < -0.39 is 5.82 Å². The SMILES string of the molecule is CC1CN(C)CCN1C(=O)c1ccc(F)cc1N. The van der Waals surface area contributed by atoms with E-state index in [1.807, 2.05) is 14.0 Å². The summed E-state index contributed by atoms with van der Waals surface area (Å²) in [6.45, 7) is 4.37. The topological polar surface area (TPSA) is 49.6 Å². The summed E-state index contributed by atoms with van der Waals surface area (Å²) in [7, 11) is 2.03. The molecule has 1 aliphatic rings. The first-order valence-electron chi connectivity index (χ1n) is 6.03. The number of nitrogens with zero attached hydrogens (tertiary/aromatic N) is 2. The lowest BCUT2D eigenvalue weighted by Gasteiger charge is -2.38. The second-order valence-corrected chi connectivity index (χ2v) is 4.84. The molecule has 1 amide bonds. The number of anilines is 1. The Labute approximate surface area is 106 Å². The number of carbonyl (C=O) groups is 1. The number of nitrogens with two attached hydrogens (primary N) is 1. The first kappa shape index (κ1) is 12.8. The Morgan fingerprint density at radius 1 is 1.44 bits per heavy atom. The van der Waals surface area contributed by atoms with Crippen LogP contribution in [-0.4, -0.2) is 48.4 Å². The van der Waals surface area contributed by atoms with Crippen LogP contribution in [0.5, 0.6) is 0 Å². The van der Waals surface area contributed by atoms with Gasteiger partial charge in [0.05, 0.1) is 5.56 Å². The summed E-state index contributed by atoms with van der Waals surface area (Å²) in [4.78, 5) is 16.3. The number of amides is 1. The molecule has 0 radical (unpaired) electrons. The average molecular weight is 251 g/mol. The van der Waals surface area contributed by atoms with E-state index in [-0.39, 0.29) is 17.6 Å². The summed E-state index contributed by atoms with van der Waals surface area (Å²) in [6, 6.07) is 4.05. The van der Waals surface area contributed by atoms with Crippen LogP contribution >= 0.6 is 0 Å². The molecule has 1 aromatic rings. The van der Waals surface area contributed by atoms with E-state index in [4.69, 9.17) is 5.73 Å². The monoisotopic (exact) mass is 251 g/mol. The number of hydrogen-bond acceptors (Lipinski definition) is 3. The maximum absolute atomic E-state index is 13.0. The van der Waals surface area contributed by atoms with E-state index in [2.05, 4.69) is 4.90 Å². The van der Waals surface area contributed by atoms with E-state index >= 15 is 0 Å². The second-order valence-electron chi connectivity index (χ2n) is 4.84. The van der Waals surface area contributed by atoms with E-state index in [0.717, 1.165) is 13.1 Å². The molecule has 0 aromatic heterocycles. The largest absolute Gasteiger partial charge is 0.398 e. The summed E-state index contributed by atoms with van der Waals surface area (Å²) < 4.78 is 13.0. The van der Waals surface area contributed by atoms with Gasteiger partial charge >= 0.3 is 0 Å². The lowest BCUT2D eigenvalue weighted by molar-refractivity contribution is 0.0534. The summed E-state index contributed by atoms with van der Waals surface area (Å²) in [6.07, 6.45) is 0. The fourth-order valence-electron chi connectivity index (χ4n) is 2.32. The molecule has 1 fully saturated rings. The van der Waals surface area contributed by atoms with Crippen LogP contribution in [0.4, 0.5) is 10.1 Å². The van der Waals surface area contributed by atoms with E-state index in [1.165, 1.54) is 18.2 Å². The molecule has 4 nitrogen and oxygen atoms in total. The van der Waals surface area contributed by atoms with Crippen molar-refractivity contribution in [2.75, 3.05) is 32.4 Å². The van der Waals surface area contributed by atoms with Crippen LogP contribution in [0.3, 0.4) is 0 Å². The molecule has 1 saturated heterocycles. The van der Waals surface area contributed by atoms with Gasteiger partial charge in [-0.3, -0.25) is 4.79 Å². The van der Waals surface area contributed by atoms with Crippen LogP contribution in [0.1, 0.15) is 17.3 Å². The van der Waals surface area contributed by atoms with E-state index in [9.17, 15) is 9.18 Å². The number of nitrogen functional groups attached to an aromatic ring is 1. The average Bonchev–Trinajstić information content (AvgIpc) is 2.28. The molecule has 0 aliphatic carbocycles. The normalized spacial score (nSPS) is 21.1. The highest BCUT2D eigenvalue weighted by molar-refractivity contribution is 5.99. The fourth-order valence-corrected chi connectivity index (χ4v) is 2.32. The number of likely N-dealkylation sites (N-methyl/N-ethyl adjacent to an activating group) is 1. The van der Waals surface area contributed by atoms with Crippen molar-refractivity contribution in [3.8, 4) is 0 Å². The molecular formula is C13H18FN3O. The number of halogens is 1. The molecule has 1 aromatic carbocycles. The zero-order valence-electron chi connectivity index (χ0n) is 10.7. The van der Waals surface area contributed by atoms with Gasteiger partial charge in [-0.25, -0.2) is 4.39 Å². The summed E-state index contributed by atoms with van der Waals surface area (Å²) in [5.74, 6) is -0.538. The Bertz CT molecular complexity index is 464. The lowest BCUT2D eigenvalue weighted by Crippen LogP contribution is -2.52. The van der Waals surface area contributed by atoms with Gasteiger partial charge in [0.25, 0.3) is 5.91 Å². The highest BCUT2D eigenvalue weighted by Gasteiger charge is 2.27. The van der Waals surface area contributed by atoms with Gasteiger partial charge in [0.1, 0.15) is 5.82 Å². The number of carbonyl (C=O) groups excluding carboxylic acids is 1. The Hall–Kier alpha value is -1.62. The van der Waals surface area contributed by atoms with Crippen LogP contribution in [0.15, 0.2) is 18.2 Å². The van der Waals surface area contributed by atoms with E-state index in [1.54, 1.807) is 4.90 Å². The molecule has 0 bridgehead atoms. The van der Waals surface area contributed by atoms with Gasteiger partial charge in [0.15, 0.2) is 0 Å². The molecular weight excluding hydrogens is 233 g/mol. The van der Waals surface area contributed by atoms with Crippen molar-refractivity contribution < 1.29 is 9.18 Å². The van der Waals surface area contributed by atoms with Crippen molar-refractivity contribution in [2.45, 2.75) is 13.0 Å². The molecule has 2 rings (SSSR count). The fraction of sp³-hybridized carbons (Fsp3) is 0.462. The highest BCUT2D eigenvalue weighted by atomic mass is 19.1. The Morgan fingerprint density at radius 3 is 2.78 bits per heavy atom. The zero-order chi connectivity index (χ0) is 13.3. The second kappa shape index (κ2) is 4.94. The number of piperazine rings is 1. The number of benzene rings is 1. The van der Waals surface area contributed by atoms with Gasteiger partial charge < -0.3 is 15.5 Å². The Balaban J connectivity index is 2.20. The van der Waals surface area contributed by atoms with Crippen molar-refractivity contribution in [3.05, 3.63) is 29.6 Å². The number of hydrogen-bond donors (Lipinski definition) is 1. The maximum Gasteiger partial charge on any atom is 0.256 e. The first-order chi connectivity index (χ1) is 8.49. The van der Waals surface area contributed by atoms with Crippen molar-refractivity contribution >= 4 is 11.6 Å². The van der Waals surface area contributed by atoms with Crippen molar-refractivity contribution in [3.63, 3.8) is 0 Å². The van der Waals surface area contributed by atoms with Gasteiger partial charge in [-0.05, 0) is 32.2 Å². The third kappa shape index (κ3) is 2.46. The Kier molecular flexibility index (Phi) is 3.52. The molecule has 98 valence electrons. The highest BCUT2D eigenvalue weighted by Crippen LogP contribution is 2.18. The predicted molar refractivity (Wildman–Crippen MR) is 68.8 cm³/mol. The molecule has 1 unspecified atom stereocenters. The molecule has 5 heteroatoms. The van der Waals surface area contributed by atoms with Gasteiger partial charge in [-0.15, -0.1) is 0 Å². The minimum absolute atomic E-state index is 0.117. The van der Waals surface area contributed by atoms with Gasteiger partial charge in [0, 0.05) is 31.4 Å². The van der Waals surface area contributed by atoms with Crippen LogP contribution in [0, 0.1) is 5.82 Å². The van der Waals surface area contributed by atoms with Crippen LogP contribution < -0.4 is 5.73 Å². The first-order valence-corrected chi connectivity index (χ1v) is 6.03. The zero-order valence-corrected chi connectivity index (χ0v) is 10.7. The third-order valence-electron chi connectivity index (χ3n) is 3.34. The molecule has 1 atom stereocenters. The van der Waals surface area contributed by atoms with Crippen molar-refractivity contribution in [1.29, 1.82) is 0 Å². The molecule has 1 heterocycles.